The van der Waals surface area contributed by atoms with E-state index in [0.717, 1.165) is 0 Å². The number of nitrogens with zero attached hydrogens (tertiary/aromatic N) is 1. The van der Waals surface area contributed by atoms with Crippen molar-refractivity contribution in [3.8, 4) is 0 Å². The first kappa shape index (κ1) is 24.2. The van der Waals surface area contributed by atoms with Crippen LogP contribution in [0.25, 0.3) is 0 Å². The van der Waals surface area contributed by atoms with Gasteiger partial charge < -0.3 is 20.9 Å². The van der Waals surface area contributed by atoms with Crippen molar-refractivity contribution in [1.29, 1.82) is 0 Å². The van der Waals surface area contributed by atoms with Crippen LogP contribution in [0.15, 0.2) is 23.2 Å². The van der Waals surface area contributed by atoms with E-state index < -0.39 is 42.5 Å². The van der Waals surface area contributed by atoms with Crippen molar-refractivity contribution >= 4 is 53.0 Å². The molecule has 1 aromatic rings. The molecule has 0 saturated carbocycles. The zero-order valence-electron chi connectivity index (χ0n) is 15.6. The number of carboxylic acid groups (broad SMARTS) is 1. The predicted octanol–water partition coefficient (Wildman–Crippen LogP) is 1.33. The van der Waals surface area contributed by atoms with Crippen molar-refractivity contribution in [3.05, 3.63) is 33.8 Å². The molecule has 0 aliphatic rings. The number of nitrogens with two attached hydrogens (primary N) is 1. The molecule has 0 aromatic heterocycles. The van der Waals surface area contributed by atoms with E-state index in [2.05, 4.69) is 20.4 Å². The molecule has 0 fully saturated rings. The van der Waals surface area contributed by atoms with Gasteiger partial charge in [0.2, 0.25) is 11.9 Å². The fourth-order valence-corrected chi connectivity index (χ4v) is 2.59. The summed E-state index contributed by atoms with van der Waals surface area (Å²) in [5.74, 6) is -3.61. The van der Waals surface area contributed by atoms with E-state index in [1.54, 1.807) is 32.0 Å². The lowest BCUT2D eigenvalue weighted by Gasteiger charge is -2.17. The van der Waals surface area contributed by atoms with Crippen molar-refractivity contribution in [1.82, 2.24) is 10.6 Å². The Hall–Kier alpha value is -2.85. The van der Waals surface area contributed by atoms with Crippen molar-refractivity contribution in [2.24, 2.45) is 16.6 Å². The minimum atomic E-state index is -1.25. The SMILES string of the molecule is CC(C)C(NC(=O)COC(=O)N=C(N)NC(=O)Cc1c(Cl)cccc1Cl)C(=O)O. The van der Waals surface area contributed by atoms with Crippen LogP contribution < -0.4 is 16.4 Å². The summed E-state index contributed by atoms with van der Waals surface area (Å²) in [6, 6.07) is 3.60. The Morgan fingerprint density at radius 2 is 1.76 bits per heavy atom. The average molecular weight is 447 g/mol. The number of guanidine groups is 1. The third-order valence-corrected chi connectivity index (χ3v) is 4.16. The van der Waals surface area contributed by atoms with Gasteiger partial charge in [-0.2, -0.15) is 0 Å². The van der Waals surface area contributed by atoms with Gasteiger partial charge >= 0.3 is 12.1 Å². The molecule has 0 aliphatic heterocycles. The van der Waals surface area contributed by atoms with Gasteiger partial charge in [-0.1, -0.05) is 43.1 Å². The Morgan fingerprint density at radius 3 is 2.28 bits per heavy atom. The minimum Gasteiger partial charge on any atom is -0.480 e. The molecule has 158 valence electrons. The van der Waals surface area contributed by atoms with E-state index >= 15 is 0 Å². The third-order valence-electron chi connectivity index (χ3n) is 3.45. The van der Waals surface area contributed by atoms with Crippen molar-refractivity contribution in [3.63, 3.8) is 0 Å². The van der Waals surface area contributed by atoms with Crippen LogP contribution in [0.5, 0.6) is 0 Å². The van der Waals surface area contributed by atoms with Crippen molar-refractivity contribution < 1.29 is 29.0 Å². The van der Waals surface area contributed by atoms with E-state index in [-0.39, 0.29) is 22.4 Å². The first-order chi connectivity index (χ1) is 13.5. The molecule has 12 heteroatoms. The minimum absolute atomic E-state index is 0.210. The maximum absolute atomic E-state index is 12.0. The van der Waals surface area contributed by atoms with Crippen LogP contribution in [0.3, 0.4) is 0 Å². The highest BCUT2D eigenvalue weighted by molar-refractivity contribution is 6.36. The van der Waals surface area contributed by atoms with E-state index in [0.29, 0.717) is 5.56 Å². The number of hydrogen-bond acceptors (Lipinski definition) is 5. The standard InChI is InChI=1S/C17H20Cl2N4O6/c1-8(2)14(15(26)27)21-13(25)7-29-17(28)23-16(20)22-12(24)6-9-10(18)4-3-5-11(9)19/h3-5,8,14H,6-7H2,1-2H3,(H,21,25)(H,26,27)(H3,20,22,23,24,28). The van der Waals surface area contributed by atoms with Gasteiger partial charge in [-0.15, -0.1) is 4.99 Å². The number of aliphatic imine (C=N–C) groups is 1. The molecule has 29 heavy (non-hydrogen) atoms. The Bertz CT molecular complexity index is 808. The molecule has 10 nitrogen and oxygen atoms in total. The highest BCUT2D eigenvalue weighted by Crippen LogP contribution is 2.24. The highest BCUT2D eigenvalue weighted by Gasteiger charge is 2.23. The number of ether oxygens (including phenoxy) is 1. The van der Waals surface area contributed by atoms with Gasteiger partial charge in [-0.05, 0) is 23.6 Å². The lowest BCUT2D eigenvalue weighted by molar-refractivity contribution is -0.143. The Kier molecular flexibility index (Phi) is 9.36. The number of aliphatic carboxylic acids is 1. The number of amides is 3. The summed E-state index contributed by atoms with van der Waals surface area (Å²) in [7, 11) is 0. The van der Waals surface area contributed by atoms with E-state index in [1.165, 1.54) is 0 Å². The monoisotopic (exact) mass is 446 g/mol. The molecule has 1 rings (SSSR count). The second kappa shape index (κ2) is 11.2. The molecular formula is C17H20Cl2N4O6. The first-order valence-corrected chi connectivity index (χ1v) is 9.02. The molecule has 3 amide bonds. The van der Waals surface area contributed by atoms with Gasteiger partial charge in [-0.25, -0.2) is 9.59 Å². The van der Waals surface area contributed by atoms with Crippen molar-refractivity contribution in [2.75, 3.05) is 6.61 Å². The topological polar surface area (TPSA) is 160 Å². The maximum atomic E-state index is 12.0. The fourth-order valence-electron chi connectivity index (χ4n) is 2.06. The summed E-state index contributed by atoms with van der Waals surface area (Å²) in [4.78, 5) is 49.5. The number of carbonyl (C=O) groups excluding carboxylic acids is 3. The number of benzene rings is 1. The first-order valence-electron chi connectivity index (χ1n) is 8.27. The maximum Gasteiger partial charge on any atom is 0.437 e. The molecule has 0 radical (unpaired) electrons. The molecule has 0 saturated heterocycles. The third kappa shape index (κ3) is 8.36. The second-order valence-electron chi connectivity index (χ2n) is 6.10. The van der Waals surface area contributed by atoms with E-state index in [4.69, 9.17) is 34.0 Å². The van der Waals surface area contributed by atoms with Crippen LogP contribution in [-0.4, -0.2) is 47.6 Å². The Balaban J connectivity index is 2.54. The quantitative estimate of drug-likeness (QED) is 0.362. The fraction of sp³-hybridized carbons (Fsp3) is 0.353. The van der Waals surface area contributed by atoms with Crippen LogP contribution in [0.4, 0.5) is 4.79 Å². The predicted molar refractivity (Wildman–Crippen MR) is 106 cm³/mol. The molecule has 5 N–H and O–H groups in total. The lowest BCUT2D eigenvalue weighted by atomic mass is 10.1. The zero-order valence-corrected chi connectivity index (χ0v) is 17.1. The number of carbonyl (C=O) groups is 4. The Morgan fingerprint density at radius 1 is 1.17 bits per heavy atom. The van der Waals surface area contributed by atoms with Crippen molar-refractivity contribution in [2.45, 2.75) is 26.3 Å². The van der Waals surface area contributed by atoms with Crippen LogP contribution >= 0.6 is 23.2 Å². The van der Waals surface area contributed by atoms with Crippen LogP contribution in [-0.2, 0) is 25.5 Å². The van der Waals surface area contributed by atoms with Crippen LogP contribution in [0.2, 0.25) is 10.0 Å². The number of carboxylic acids is 1. The summed E-state index contributed by atoms with van der Waals surface area (Å²) >= 11 is 11.9. The second-order valence-corrected chi connectivity index (χ2v) is 6.92. The molecule has 0 heterocycles. The Labute approximate surface area is 176 Å². The summed E-state index contributed by atoms with van der Waals surface area (Å²) in [6.45, 7) is 2.44. The summed E-state index contributed by atoms with van der Waals surface area (Å²) < 4.78 is 4.57. The van der Waals surface area contributed by atoms with Gasteiger partial charge in [0.15, 0.2) is 6.61 Å². The molecule has 0 bridgehead atoms. The molecule has 1 unspecified atom stereocenters. The molecule has 1 aromatic carbocycles. The number of nitrogens with one attached hydrogen (secondary N) is 2. The zero-order chi connectivity index (χ0) is 22.1. The lowest BCUT2D eigenvalue weighted by Crippen LogP contribution is -2.45. The van der Waals surface area contributed by atoms with Gasteiger partial charge in [0.25, 0.3) is 5.91 Å². The number of halogens is 2. The normalized spacial score (nSPS) is 12.2. The molecule has 0 aliphatic carbocycles. The molecule has 1 atom stereocenters. The van der Waals surface area contributed by atoms with E-state index in [1.807, 2.05) is 0 Å². The van der Waals surface area contributed by atoms with Gasteiger partial charge in [-0.3, -0.25) is 14.9 Å². The molecule has 0 spiro atoms. The van der Waals surface area contributed by atoms with Gasteiger partial charge in [0.1, 0.15) is 6.04 Å². The number of hydrogen-bond donors (Lipinski definition) is 4. The van der Waals surface area contributed by atoms with Gasteiger partial charge in [0, 0.05) is 10.0 Å². The van der Waals surface area contributed by atoms with Crippen LogP contribution in [0.1, 0.15) is 19.4 Å². The summed E-state index contributed by atoms with van der Waals surface area (Å²) in [5, 5.41) is 13.9. The summed E-state index contributed by atoms with van der Waals surface area (Å²) in [5.41, 5.74) is 5.82. The summed E-state index contributed by atoms with van der Waals surface area (Å²) in [6.07, 6.45) is -1.46. The number of rotatable bonds is 7. The van der Waals surface area contributed by atoms with E-state index in [9.17, 15) is 19.2 Å². The van der Waals surface area contributed by atoms with Gasteiger partial charge in [0.05, 0.1) is 6.42 Å². The molecular weight excluding hydrogens is 427 g/mol. The highest BCUT2D eigenvalue weighted by atomic mass is 35.5. The smallest absolute Gasteiger partial charge is 0.437 e. The average Bonchev–Trinajstić information content (AvgIpc) is 2.60. The van der Waals surface area contributed by atoms with Crippen LogP contribution in [0, 0.1) is 5.92 Å². The largest absolute Gasteiger partial charge is 0.480 e.